The number of aryl methyl sites for hydroxylation is 1. The zero-order valence-corrected chi connectivity index (χ0v) is 14.1. The van der Waals surface area contributed by atoms with Crippen molar-refractivity contribution < 1.29 is 9.59 Å². The molecule has 2 rings (SSSR count). The Balaban J connectivity index is 1.91. The fourth-order valence-corrected chi connectivity index (χ4v) is 2.59. The quantitative estimate of drug-likeness (QED) is 0.829. The van der Waals surface area contributed by atoms with Gasteiger partial charge in [-0.2, -0.15) is 11.8 Å². The van der Waals surface area contributed by atoms with Crippen molar-refractivity contribution in [3.05, 3.63) is 70.8 Å². The van der Waals surface area contributed by atoms with Crippen molar-refractivity contribution in [3.63, 3.8) is 0 Å². The first kappa shape index (κ1) is 17.1. The van der Waals surface area contributed by atoms with E-state index in [0.29, 0.717) is 11.1 Å². The molecule has 0 aromatic heterocycles. The molecule has 23 heavy (non-hydrogen) atoms. The predicted octanol–water partition coefficient (Wildman–Crippen LogP) is 3.19. The van der Waals surface area contributed by atoms with E-state index in [1.54, 1.807) is 36.0 Å². The summed E-state index contributed by atoms with van der Waals surface area (Å²) in [6.45, 7) is 2.06. The Hall–Kier alpha value is -2.27. The molecule has 0 heterocycles. The summed E-state index contributed by atoms with van der Waals surface area (Å²) >= 11 is 1.73. The van der Waals surface area contributed by atoms with E-state index in [1.165, 1.54) is 0 Å². The van der Waals surface area contributed by atoms with Gasteiger partial charge in [-0.1, -0.05) is 31.2 Å². The first-order valence-electron chi connectivity index (χ1n) is 7.41. The third-order valence-corrected chi connectivity index (χ3v) is 4.06. The molecule has 0 atom stereocenters. The van der Waals surface area contributed by atoms with Crippen LogP contribution in [0.3, 0.4) is 0 Å². The Kier molecular flexibility index (Phi) is 6.23. The highest BCUT2D eigenvalue weighted by atomic mass is 32.2. The van der Waals surface area contributed by atoms with Crippen LogP contribution in [0, 0.1) is 0 Å². The van der Waals surface area contributed by atoms with Crippen LogP contribution in [0.15, 0.2) is 48.5 Å². The topological polar surface area (TPSA) is 58.2 Å². The highest BCUT2D eigenvalue weighted by molar-refractivity contribution is 7.97. The van der Waals surface area contributed by atoms with Crippen LogP contribution < -0.4 is 10.9 Å². The second kappa shape index (κ2) is 8.39. The summed E-state index contributed by atoms with van der Waals surface area (Å²) in [4.78, 5) is 24.0. The SMILES string of the molecule is CCc1ccc(C(=O)NNC(=O)c2ccc(CSC)cc2)cc1. The number of carbonyl (C=O) groups excluding carboxylic acids is 2. The molecule has 0 aliphatic heterocycles. The summed E-state index contributed by atoms with van der Waals surface area (Å²) in [6, 6.07) is 14.6. The predicted molar refractivity (Wildman–Crippen MR) is 94.4 cm³/mol. The molecule has 0 aliphatic carbocycles. The number of benzene rings is 2. The second-order valence-electron chi connectivity index (χ2n) is 5.09. The van der Waals surface area contributed by atoms with Crippen molar-refractivity contribution in [2.24, 2.45) is 0 Å². The number of carbonyl (C=O) groups is 2. The van der Waals surface area contributed by atoms with E-state index in [-0.39, 0.29) is 11.8 Å². The molecule has 0 saturated heterocycles. The van der Waals surface area contributed by atoms with Gasteiger partial charge in [0.1, 0.15) is 0 Å². The lowest BCUT2D eigenvalue weighted by Gasteiger charge is -2.08. The number of hydrogen-bond donors (Lipinski definition) is 2. The van der Waals surface area contributed by atoms with Gasteiger partial charge in [0.05, 0.1) is 0 Å². The van der Waals surface area contributed by atoms with E-state index in [4.69, 9.17) is 0 Å². The molecule has 2 aromatic carbocycles. The van der Waals surface area contributed by atoms with E-state index in [1.807, 2.05) is 30.5 Å². The summed E-state index contributed by atoms with van der Waals surface area (Å²) in [6.07, 6.45) is 2.95. The van der Waals surface area contributed by atoms with Crippen LogP contribution in [0.4, 0.5) is 0 Å². The minimum Gasteiger partial charge on any atom is -0.267 e. The molecular formula is C18H20N2O2S. The second-order valence-corrected chi connectivity index (χ2v) is 5.95. The van der Waals surface area contributed by atoms with Crippen LogP contribution in [0.2, 0.25) is 0 Å². The van der Waals surface area contributed by atoms with Crippen molar-refractivity contribution in [3.8, 4) is 0 Å². The fraction of sp³-hybridized carbons (Fsp3) is 0.222. The standard InChI is InChI=1S/C18H20N2O2S/c1-3-13-4-8-15(9-5-13)17(21)19-20-18(22)16-10-6-14(7-11-16)12-23-2/h4-11H,3,12H2,1-2H3,(H,19,21)(H,20,22). The average Bonchev–Trinajstić information content (AvgIpc) is 2.60. The van der Waals surface area contributed by atoms with E-state index in [0.717, 1.165) is 23.3 Å². The summed E-state index contributed by atoms with van der Waals surface area (Å²) in [5.74, 6) is 0.242. The molecule has 0 bridgehead atoms. The van der Waals surface area contributed by atoms with Gasteiger partial charge in [-0.25, -0.2) is 0 Å². The molecule has 120 valence electrons. The molecule has 0 spiro atoms. The van der Waals surface area contributed by atoms with Crippen molar-refractivity contribution in [1.82, 2.24) is 10.9 Å². The highest BCUT2D eigenvalue weighted by Crippen LogP contribution is 2.10. The monoisotopic (exact) mass is 328 g/mol. The minimum absolute atomic E-state index is 0.333. The van der Waals surface area contributed by atoms with Crippen LogP contribution in [-0.4, -0.2) is 18.1 Å². The molecule has 0 saturated carbocycles. The maximum Gasteiger partial charge on any atom is 0.269 e. The van der Waals surface area contributed by atoms with Crippen molar-refractivity contribution in [1.29, 1.82) is 0 Å². The largest absolute Gasteiger partial charge is 0.269 e. The number of hydrazine groups is 1. The number of hydrogen-bond acceptors (Lipinski definition) is 3. The summed E-state index contributed by atoms with van der Waals surface area (Å²) in [5.41, 5.74) is 8.21. The molecule has 2 aromatic rings. The number of amides is 2. The van der Waals surface area contributed by atoms with Gasteiger partial charge in [-0.15, -0.1) is 0 Å². The Morgan fingerprint density at radius 3 is 1.65 bits per heavy atom. The maximum atomic E-state index is 12.0. The summed E-state index contributed by atoms with van der Waals surface area (Å²) in [7, 11) is 0. The average molecular weight is 328 g/mol. The molecule has 5 heteroatoms. The molecule has 0 unspecified atom stereocenters. The number of nitrogens with one attached hydrogen (secondary N) is 2. The van der Waals surface area contributed by atoms with Gasteiger partial charge in [-0.05, 0) is 48.1 Å². The van der Waals surface area contributed by atoms with Gasteiger partial charge < -0.3 is 0 Å². The zero-order chi connectivity index (χ0) is 16.7. The summed E-state index contributed by atoms with van der Waals surface area (Å²) in [5, 5.41) is 0. The number of rotatable bonds is 5. The molecule has 0 aliphatic rings. The highest BCUT2D eigenvalue weighted by Gasteiger charge is 2.09. The van der Waals surface area contributed by atoms with E-state index in [9.17, 15) is 9.59 Å². The summed E-state index contributed by atoms with van der Waals surface area (Å²) < 4.78 is 0. The van der Waals surface area contributed by atoms with Gasteiger partial charge in [0, 0.05) is 16.9 Å². The van der Waals surface area contributed by atoms with Gasteiger partial charge in [0.15, 0.2) is 0 Å². The van der Waals surface area contributed by atoms with Gasteiger partial charge in [-0.3, -0.25) is 20.4 Å². The first-order valence-corrected chi connectivity index (χ1v) is 8.81. The van der Waals surface area contributed by atoms with Crippen LogP contribution in [0.5, 0.6) is 0 Å². The number of thioether (sulfide) groups is 1. The Bertz CT molecular complexity index is 666. The zero-order valence-electron chi connectivity index (χ0n) is 13.3. The first-order chi connectivity index (χ1) is 11.1. The Labute approximate surface area is 140 Å². The van der Waals surface area contributed by atoms with Crippen molar-refractivity contribution in [2.45, 2.75) is 19.1 Å². The Morgan fingerprint density at radius 2 is 1.26 bits per heavy atom. The molecule has 4 nitrogen and oxygen atoms in total. The van der Waals surface area contributed by atoms with Crippen LogP contribution >= 0.6 is 11.8 Å². The van der Waals surface area contributed by atoms with E-state index < -0.39 is 0 Å². The van der Waals surface area contributed by atoms with E-state index >= 15 is 0 Å². The third-order valence-electron chi connectivity index (χ3n) is 3.44. The van der Waals surface area contributed by atoms with E-state index in [2.05, 4.69) is 17.8 Å². The Morgan fingerprint density at radius 1 is 0.826 bits per heavy atom. The van der Waals surface area contributed by atoms with Gasteiger partial charge in [0.25, 0.3) is 11.8 Å². The minimum atomic E-state index is -0.334. The lowest BCUT2D eigenvalue weighted by molar-refractivity contribution is 0.0846. The lowest BCUT2D eigenvalue weighted by atomic mass is 10.1. The van der Waals surface area contributed by atoms with Gasteiger partial charge >= 0.3 is 0 Å². The van der Waals surface area contributed by atoms with Gasteiger partial charge in [0.2, 0.25) is 0 Å². The van der Waals surface area contributed by atoms with Crippen LogP contribution in [-0.2, 0) is 12.2 Å². The smallest absolute Gasteiger partial charge is 0.267 e. The fourth-order valence-electron chi connectivity index (χ4n) is 2.07. The molecule has 0 radical (unpaired) electrons. The lowest BCUT2D eigenvalue weighted by Crippen LogP contribution is -2.41. The molecular weight excluding hydrogens is 308 g/mol. The molecule has 2 amide bonds. The van der Waals surface area contributed by atoms with Crippen LogP contribution in [0.1, 0.15) is 38.8 Å². The van der Waals surface area contributed by atoms with Crippen LogP contribution in [0.25, 0.3) is 0 Å². The van der Waals surface area contributed by atoms with Crippen molar-refractivity contribution >= 4 is 23.6 Å². The normalized spacial score (nSPS) is 10.2. The molecule has 2 N–H and O–H groups in total. The molecule has 0 fully saturated rings. The van der Waals surface area contributed by atoms with Crippen molar-refractivity contribution in [2.75, 3.05) is 6.26 Å². The maximum absolute atomic E-state index is 12.0. The third kappa shape index (κ3) is 4.86.